The molecule has 6 nitrogen and oxygen atoms in total. The van der Waals surface area contributed by atoms with Crippen molar-refractivity contribution in [2.75, 3.05) is 12.4 Å². The summed E-state index contributed by atoms with van der Waals surface area (Å²) in [7, 11) is 1.52. The van der Waals surface area contributed by atoms with Crippen molar-refractivity contribution in [2.45, 2.75) is 51.0 Å². The molecule has 2 aromatic rings. The van der Waals surface area contributed by atoms with E-state index in [1.165, 1.54) is 13.3 Å². The van der Waals surface area contributed by atoms with Crippen LogP contribution in [0.25, 0.3) is 0 Å². The summed E-state index contributed by atoms with van der Waals surface area (Å²) >= 11 is 0. The molecular formula is C19H23F3N4O2. The van der Waals surface area contributed by atoms with Crippen LogP contribution in [0.1, 0.15) is 54.7 Å². The minimum atomic E-state index is -4.49. The lowest BCUT2D eigenvalue weighted by atomic mass is 9.96. The summed E-state index contributed by atoms with van der Waals surface area (Å²) in [6, 6.07) is 4.30. The van der Waals surface area contributed by atoms with Crippen molar-refractivity contribution in [1.29, 1.82) is 0 Å². The monoisotopic (exact) mass is 396 g/mol. The number of ether oxygens (including phenoxy) is 1. The van der Waals surface area contributed by atoms with Crippen LogP contribution in [0, 0.1) is 0 Å². The number of nitrogens with one attached hydrogen (secondary N) is 2. The van der Waals surface area contributed by atoms with E-state index in [1.807, 2.05) is 13.8 Å². The molecule has 152 valence electrons. The van der Waals surface area contributed by atoms with E-state index in [0.717, 1.165) is 4.68 Å². The molecule has 0 unspecified atom stereocenters. The first-order chi connectivity index (χ1) is 13.2. The van der Waals surface area contributed by atoms with Gasteiger partial charge in [-0.15, -0.1) is 0 Å². The van der Waals surface area contributed by atoms with Gasteiger partial charge in [0, 0.05) is 12.5 Å². The van der Waals surface area contributed by atoms with Crippen LogP contribution in [0.3, 0.4) is 0 Å². The first kappa shape index (κ1) is 20.0. The summed E-state index contributed by atoms with van der Waals surface area (Å²) in [5.74, 6) is 0.250. The highest BCUT2D eigenvalue weighted by atomic mass is 19.4. The third-order valence-electron chi connectivity index (χ3n) is 4.99. The van der Waals surface area contributed by atoms with Crippen LogP contribution in [0.5, 0.6) is 5.75 Å². The lowest BCUT2D eigenvalue weighted by Crippen LogP contribution is -2.37. The Labute approximate surface area is 161 Å². The first-order valence-corrected chi connectivity index (χ1v) is 9.10. The van der Waals surface area contributed by atoms with Crippen molar-refractivity contribution < 1.29 is 22.7 Å². The Morgan fingerprint density at radius 3 is 2.64 bits per heavy atom. The van der Waals surface area contributed by atoms with Crippen molar-refractivity contribution in [3.8, 4) is 5.75 Å². The minimum Gasteiger partial charge on any atom is -0.497 e. The molecule has 28 heavy (non-hydrogen) atoms. The molecule has 0 bridgehead atoms. The lowest BCUT2D eigenvalue weighted by Gasteiger charge is -2.34. The highest BCUT2D eigenvalue weighted by Gasteiger charge is 2.47. The molecule has 0 spiro atoms. The van der Waals surface area contributed by atoms with Crippen LogP contribution in [-0.4, -0.2) is 35.0 Å². The average molecular weight is 396 g/mol. The second-order valence-electron chi connectivity index (χ2n) is 6.90. The van der Waals surface area contributed by atoms with Crippen LogP contribution in [0.15, 0.2) is 30.5 Å². The number of carbonyl (C=O) groups is 1. The Bertz CT molecular complexity index is 833. The maximum absolute atomic E-state index is 13.7. The normalized spacial score (nSPS) is 20.1. The zero-order chi connectivity index (χ0) is 20.5. The maximum atomic E-state index is 13.7. The van der Waals surface area contributed by atoms with Gasteiger partial charge in [-0.2, -0.15) is 18.3 Å². The average Bonchev–Trinajstić information content (AvgIpc) is 3.10. The molecule has 1 aliphatic rings. The van der Waals surface area contributed by atoms with Crippen LogP contribution in [0.4, 0.5) is 19.0 Å². The molecule has 0 saturated heterocycles. The number of anilines is 1. The summed E-state index contributed by atoms with van der Waals surface area (Å²) in [4.78, 5) is 12.5. The number of aromatic nitrogens is 2. The topological polar surface area (TPSA) is 68.2 Å². The summed E-state index contributed by atoms with van der Waals surface area (Å²) in [5.41, 5.74) is 0.781. The second-order valence-corrected chi connectivity index (χ2v) is 6.90. The molecule has 2 heterocycles. The van der Waals surface area contributed by atoms with E-state index >= 15 is 0 Å². The minimum absolute atomic E-state index is 0.0789. The van der Waals surface area contributed by atoms with Gasteiger partial charge in [-0.25, -0.2) is 4.68 Å². The molecule has 2 N–H and O–H groups in total. The Morgan fingerprint density at radius 1 is 1.39 bits per heavy atom. The SMILES string of the molecule is CC[C@H](C)NC(=O)c1cnn2c1N[C@H](c1ccc(OC)cc1)C[C@@H]2C(F)(F)F. The number of alkyl halides is 3. The van der Waals surface area contributed by atoms with Crippen molar-refractivity contribution in [3.63, 3.8) is 0 Å². The molecule has 1 amide bonds. The van der Waals surface area contributed by atoms with Crippen LogP contribution in [-0.2, 0) is 0 Å². The molecule has 3 rings (SSSR count). The molecule has 9 heteroatoms. The van der Waals surface area contributed by atoms with Crippen LogP contribution >= 0.6 is 0 Å². The third kappa shape index (κ3) is 3.93. The molecule has 0 aliphatic carbocycles. The Kier molecular flexibility index (Phi) is 5.53. The van der Waals surface area contributed by atoms with Gasteiger partial charge in [0.25, 0.3) is 5.91 Å². The van der Waals surface area contributed by atoms with E-state index in [9.17, 15) is 18.0 Å². The van der Waals surface area contributed by atoms with E-state index in [2.05, 4.69) is 15.7 Å². The van der Waals surface area contributed by atoms with Gasteiger partial charge in [0.2, 0.25) is 0 Å². The van der Waals surface area contributed by atoms with Gasteiger partial charge in [-0.3, -0.25) is 4.79 Å². The van der Waals surface area contributed by atoms with Gasteiger partial charge in [-0.1, -0.05) is 19.1 Å². The number of fused-ring (bicyclic) bond motifs is 1. The fraction of sp³-hybridized carbons (Fsp3) is 0.474. The number of nitrogens with zero attached hydrogens (tertiary/aromatic N) is 2. The number of rotatable bonds is 5. The smallest absolute Gasteiger partial charge is 0.410 e. The van der Waals surface area contributed by atoms with E-state index < -0.39 is 24.2 Å². The highest BCUT2D eigenvalue weighted by molar-refractivity contribution is 5.99. The Morgan fingerprint density at radius 2 is 2.07 bits per heavy atom. The number of amides is 1. The fourth-order valence-electron chi connectivity index (χ4n) is 3.19. The van der Waals surface area contributed by atoms with Gasteiger partial charge in [0.15, 0.2) is 6.04 Å². The van der Waals surface area contributed by atoms with Crippen LogP contribution < -0.4 is 15.4 Å². The molecular weight excluding hydrogens is 373 g/mol. The predicted octanol–water partition coefficient (Wildman–Crippen LogP) is 4.08. The number of carbonyl (C=O) groups excluding carboxylic acids is 1. The summed E-state index contributed by atoms with van der Waals surface area (Å²) in [6.45, 7) is 3.75. The van der Waals surface area contributed by atoms with E-state index in [-0.39, 0.29) is 23.8 Å². The fourth-order valence-corrected chi connectivity index (χ4v) is 3.19. The van der Waals surface area contributed by atoms with Crippen molar-refractivity contribution in [1.82, 2.24) is 15.1 Å². The zero-order valence-corrected chi connectivity index (χ0v) is 15.9. The van der Waals surface area contributed by atoms with E-state index in [1.54, 1.807) is 24.3 Å². The van der Waals surface area contributed by atoms with Gasteiger partial charge in [0.1, 0.15) is 17.1 Å². The second kappa shape index (κ2) is 7.73. The molecule has 0 fully saturated rings. The number of benzene rings is 1. The highest BCUT2D eigenvalue weighted by Crippen LogP contribution is 2.44. The number of halogens is 3. The lowest BCUT2D eigenvalue weighted by molar-refractivity contribution is -0.173. The maximum Gasteiger partial charge on any atom is 0.410 e. The zero-order valence-electron chi connectivity index (χ0n) is 15.9. The molecule has 0 radical (unpaired) electrons. The summed E-state index contributed by atoms with van der Waals surface area (Å²) < 4.78 is 47.1. The molecule has 0 saturated carbocycles. The number of hydrogen-bond donors (Lipinski definition) is 2. The predicted molar refractivity (Wildman–Crippen MR) is 98.5 cm³/mol. The molecule has 3 atom stereocenters. The van der Waals surface area contributed by atoms with E-state index in [4.69, 9.17) is 4.74 Å². The molecule has 1 aliphatic heterocycles. The molecule has 1 aromatic carbocycles. The van der Waals surface area contributed by atoms with Crippen molar-refractivity contribution >= 4 is 11.7 Å². The largest absolute Gasteiger partial charge is 0.497 e. The van der Waals surface area contributed by atoms with Crippen molar-refractivity contribution in [2.24, 2.45) is 0 Å². The Hall–Kier alpha value is -2.71. The van der Waals surface area contributed by atoms with Gasteiger partial charge >= 0.3 is 6.18 Å². The molecule has 1 aromatic heterocycles. The number of methoxy groups -OCH3 is 1. The quantitative estimate of drug-likeness (QED) is 0.799. The number of hydrogen-bond acceptors (Lipinski definition) is 4. The summed E-state index contributed by atoms with van der Waals surface area (Å²) in [5, 5.41) is 9.72. The van der Waals surface area contributed by atoms with Gasteiger partial charge in [0.05, 0.1) is 19.3 Å². The summed E-state index contributed by atoms with van der Waals surface area (Å²) in [6.07, 6.45) is -2.81. The standard InChI is InChI=1S/C19H23F3N4O2/c1-4-11(2)24-18(27)14-10-23-26-16(19(20,21)22)9-15(25-17(14)26)12-5-7-13(28-3)8-6-12/h5-8,10-11,15-16,25H,4,9H2,1-3H3,(H,24,27)/t11-,15-,16+/m0/s1. The van der Waals surface area contributed by atoms with Gasteiger partial charge < -0.3 is 15.4 Å². The first-order valence-electron chi connectivity index (χ1n) is 9.10. The van der Waals surface area contributed by atoms with E-state index in [0.29, 0.717) is 17.7 Å². The van der Waals surface area contributed by atoms with Crippen molar-refractivity contribution in [3.05, 3.63) is 41.6 Å². The third-order valence-corrected chi connectivity index (χ3v) is 4.99. The Balaban J connectivity index is 1.96. The van der Waals surface area contributed by atoms with Gasteiger partial charge in [-0.05, 0) is 31.0 Å². The van der Waals surface area contributed by atoms with Crippen LogP contribution in [0.2, 0.25) is 0 Å².